The van der Waals surface area contributed by atoms with Gasteiger partial charge in [0.15, 0.2) is 0 Å². The van der Waals surface area contributed by atoms with Crippen molar-refractivity contribution in [1.82, 2.24) is 4.90 Å². The molecule has 0 N–H and O–H groups in total. The lowest BCUT2D eigenvalue weighted by Crippen LogP contribution is -2.29. The maximum Gasteiger partial charge on any atom is 0.264 e. The zero-order valence-electron chi connectivity index (χ0n) is 13.7. The number of rotatable bonds is 6. The summed E-state index contributed by atoms with van der Waals surface area (Å²) in [7, 11) is 1.66. The Bertz CT molecular complexity index is 808. The molecule has 1 amide bonds. The molecule has 1 aromatic carbocycles. The van der Waals surface area contributed by atoms with Crippen LogP contribution in [0.25, 0.3) is 0 Å². The van der Waals surface area contributed by atoms with E-state index >= 15 is 0 Å². The number of amides is 1. The second-order valence-electron chi connectivity index (χ2n) is 5.46. The molecular formula is C19H19NO2S2. The molecule has 0 atom stereocenters. The summed E-state index contributed by atoms with van der Waals surface area (Å²) in [4.78, 5) is 18.0. The normalized spacial score (nSPS) is 10.6. The van der Waals surface area contributed by atoms with Gasteiger partial charge in [0, 0.05) is 15.3 Å². The number of hydrogen-bond acceptors (Lipinski definition) is 4. The summed E-state index contributed by atoms with van der Waals surface area (Å²) in [6, 6.07) is 15.8. The molecule has 0 aliphatic rings. The lowest BCUT2D eigenvalue weighted by Gasteiger charge is -2.22. The third-order valence-corrected chi connectivity index (χ3v) is 5.57. The lowest BCUT2D eigenvalue weighted by atomic mass is 10.2. The molecule has 24 heavy (non-hydrogen) atoms. The Morgan fingerprint density at radius 3 is 2.58 bits per heavy atom. The maximum absolute atomic E-state index is 13.0. The Morgan fingerprint density at radius 2 is 1.92 bits per heavy atom. The van der Waals surface area contributed by atoms with Crippen LogP contribution in [0.2, 0.25) is 0 Å². The minimum atomic E-state index is 0.0624. The van der Waals surface area contributed by atoms with Crippen molar-refractivity contribution < 1.29 is 9.53 Å². The van der Waals surface area contributed by atoms with Crippen molar-refractivity contribution in [2.45, 2.75) is 20.0 Å². The van der Waals surface area contributed by atoms with Crippen molar-refractivity contribution in [1.29, 1.82) is 0 Å². The van der Waals surface area contributed by atoms with E-state index in [1.807, 2.05) is 59.7 Å². The first kappa shape index (κ1) is 16.7. The number of methoxy groups -OCH3 is 1. The van der Waals surface area contributed by atoms with E-state index in [4.69, 9.17) is 4.74 Å². The van der Waals surface area contributed by atoms with Gasteiger partial charge in [-0.3, -0.25) is 4.79 Å². The highest BCUT2D eigenvalue weighted by Crippen LogP contribution is 2.24. The van der Waals surface area contributed by atoms with Gasteiger partial charge in [0.2, 0.25) is 0 Å². The zero-order valence-corrected chi connectivity index (χ0v) is 15.3. The third kappa shape index (κ3) is 3.86. The molecule has 3 aromatic rings. The van der Waals surface area contributed by atoms with Crippen LogP contribution in [-0.2, 0) is 13.1 Å². The van der Waals surface area contributed by atoms with Crippen LogP contribution in [0.15, 0.2) is 53.9 Å². The van der Waals surface area contributed by atoms with Gasteiger partial charge in [0.1, 0.15) is 5.75 Å². The number of para-hydroxylation sites is 1. The highest BCUT2D eigenvalue weighted by atomic mass is 32.1. The van der Waals surface area contributed by atoms with Crippen molar-refractivity contribution >= 4 is 28.6 Å². The van der Waals surface area contributed by atoms with Gasteiger partial charge >= 0.3 is 0 Å². The number of carbonyl (C=O) groups excluding carboxylic acids is 1. The predicted molar refractivity (Wildman–Crippen MR) is 99.9 cm³/mol. The largest absolute Gasteiger partial charge is 0.496 e. The van der Waals surface area contributed by atoms with E-state index in [9.17, 15) is 4.79 Å². The van der Waals surface area contributed by atoms with Crippen molar-refractivity contribution in [3.05, 3.63) is 74.1 Å². The first-order valence-corrected chi connectivity index (χ1v) is 9.37. The second kappa shape index (κ2) is 7.64. The molecule has 0 saturated heterocycles. The molecule has 2 aromatic heterocycles. The molecule has 0 bridgehead atoms. The molecule has 0 aliphatic heterocycles. The molecule has 3 rings (SSSR count). The molecule has 5 heteroatoms. The van der Waals surface area contributed by atoms with Gasteiger partial charge < -0.3 is 9.64 Å². The van der Waals surface area contributed by atoms with E-state index in [0.717, 1.165) is 21.1 Å². The standard InChI is InChI=1S/C19H19NO2S2/c1-14-9-10-18(24-14)19(21)20(13-16-7-5-11-23-16)12-15-6-3-4-8-17(15)22-2/h3-11H,12-13H2,1-2H3. The quantitative estimate of drug-likeness (QED) is 0.623. The van der Waals surface area contributed by atoms with Crippen LogP contribution in [0.4, 0.5) is 0 Å². The minimum absolute atomic E-state index is 0.0624. The van der Waals surface area contributed by atoms with Crippen LogP contribution in [0.3, 0.4) is 0 Å². The predicted octanol–water partition coefficient (Wildman–Crippen LogP) is 4.97. The maximum atomic E-state index is 13.0. The summed E-state index contributed by atoms with van der Waals surface area (Å²) in [6.45, 7) is 3.15. The Hall–Kier alpha value is -2.11. The van der Waals surface area contributed by atoms with E-state index in [2.05, 4.69) is 6.07 Å². The molecular weight excluding hydrogens is 338 g/mol. The van der Waals surface area contributed by atoms with Crippen LogP contribution in [0.5, 0.6) is 5.75 Å². The Kier molecular flexibility index (Phi) is 5.33. The summed E-state index contributed by atoms with van der Waals surface area (Å²) in [5.41, 5.74) is 1.01. The van der Waals surface area contributed by atoms with Crippen LogP contribution >= 0.6 is 22.7 Å². The van der Waals surface area contributed by atoms with Crippen LogP contribution < -0.4 is 4.74 Å². The second-order valence-corrected chi connectivity index (χ2v) is 7.78. The Morgan fingerprint density at radius 1 is 1.08 bits per heavy atom. The number of thiophene rings is 2. The number of carbonyl (C=O) groups is 1. The van der Waals surface area contributed by atoms with Gasteiger partial charge in [-0.2, -0.15) is 0 Å². The van der Waals surface area contributed by atoms with Crippen molar-refractivity contribution in [3.8, 4) is 5.75 Å². The topological polar surface area (TPSA) is 29.5 Å². The average molecular weight is 358 g/mol. The molecule has 3 nitrogen and oxygen atoms in total. The molecule has 0 saturated carbocycles. The highest BCUT2D eigenvalue weighted by molar-refractivity contribution is 7.14. The highest BCUT2D eigenvalue weighted by Gasteiger charge is 2.20. The van der Waals surface area contributed by atoms with Crippen molar-refractivity contribution in [2.75, 3.05) is 7.11 Å². The van der Waals surface area contributed by atoms with Crippen molar-refractivity contribution in [3.63, 3.8) is 0 Å². The SMILES string of the molecule is COc1ccccc1CN(Cc1cccs1)C(=O)c1ccc(C)s1. The van der Waals surface area contributed by atoms with Gasteiger partial charge in [-0.25, -0.2) is 0 Å². The third-order valence-electron chi connectivity index (χ3n) is 3.72. The molecule has 0 fully saturated rings. The first-order valence-electron chi connectivity index (χ1n) is 7.67. The fourth-order valence-corrected chi connectivity index (χ4v) is 4.09. The molecule has 124 valence electrons. The summed E-state index contributed by atoms with van der Waals surface area (Å²) in [5.74, 6) is 0.872. The van der Waals surface area contributed by atoms with Crippen LogP contribution in [-0.4, -0.2) is 17.9 Å². The summed E-state index contributed by atoms with van der Waals surface area (Å²) >= 11 is 3.21. The van der Waals surface area contributed by atoms with Gasteiger partial charge in [-0.15, -0.1) is 22.7 Å². The number of benzene rings is 1. The van der Waals surface area contributed by atoms with E-state index < -0.39 is 0 Å². The fourth-order valence-electron chi connectivity index (χ4n) is 2.53. The number of ether oxygens (including phenoxy) is 1. The Labute approximate surface area is 150 Å². The van der Waals surface area contributed by atoms with Crippen LogP contribution in [0, 0.1) is 6.92 Å². The first-order chi connectivity index (χ1) is 11.7. The molecule has 0 radical (unpaired) electrons. The monoisotopic (exact) mass is 357 g/mol. The van der Waals surface area contributed by atoms with Gasteiger partial charge in [-0.1, -0.05) is 24.3 Å². The fraction of sp³-hybridized carbons (Fsp3) is 0.211. The number of hydrogen-bond donors (Lipinski definition) is 0. The van der Waals surface area contributed by atoms with E-state index in [1.165, 1.54) is 16.2 Å². The molecule has 0 unspecified atom stereocenters. The van der Waals surface area contributed by atoms with Gasteiger partial charge in [0.25, 0.3) is 5.91 Å². The van der Waals surface area contributed by atoms with Crippen LogP contribution in [0.1, 0.15) is 25.0 Å². The molecule has 2 heterocycles. The zero-order chi connectivity index (χ0) is 16.9. The van der Waals surface area contributed by atoms with Gasteiger partial charge in [0.05, 0.1) is 25.1 Å². The van der Waals surface area contributed by atoms with Gasteiger partial charge in [-0.05, 0) is 36.6 Å². The minimum Gasteiger partial charge on any atom is -0.496 e. The average Bonchev–Trinajstić information content (AvgIpc) is 3.25. The molecule has 0 aliphatic carbocycles. The van der Waals surface area contributed by atoms with E-state index in [0.29, 0.717) is 13.1 Å². The number of nitrogens with zero attached hydrogens (tertiary/aromatic N) is 1. The summed E-state index contributed by atoms with van der Waals surface area (Å²) in [6.07, 6.45) is 0. The summed E-state index contributed by atoms with van der Waals surface area (Å²) < 4.78 is 5.44. The summed E-state index contributed by atoms with van der Waals surface area (Å²) in [5, 5.41) is 2.04. The van der Waals surface area contributed by atoms with Crippen molar-refractivity contribution in [2.24, 2.45) is 0 Å². The molecule has 0 spiro atoms. The Balaban J connectivity index is 1.88. The smallest absolute Gasteiger partial charge is 0.264 e. The lowest BCUT2D eigenvalue weighted by molar-refractivity contribution is 0.0735. The van der Waals surface area contributed by atoms with E-state index in [1.54, 1.807) is 18.4 Å². The number of aryl methyl sites for hydroxylation is 1. The van der Waals surface area contributed by atoms with E-state index in [-0.39, 0.29) is 5.91 Å².